The number of carboxylic acids is 1. The molecule has 0 aliphatic heterocycles. The van der Waals surface area contributed by atoms with Crippen LogP contribution in [0.25, 0.3) is 11.5 Å². The van der Waals surface area contributed by atoms with E-state index in [-0.39, 0.29) is 6.61 Å². The Morgan fingerprint density at radius 3 is 2.48 bits per heavy atom. The SMILES string of the molecule is CCO[C@@H](Cc1ccc(OCc2nc(-c3cc(Cl)cc(Cl)c3)oc2C)cc1C)C(=O)O. The lowest BCUT2D eigenvalue weighted by atomic mass is 10.0. The molecular formula is C23H23Cl2NO5. The quantitative estimate of drug-likeness (QED) is 0.426. The van der Waals surface area contributed by atoms with Gasteiger partial charge in [-0.15, -0.1) is 0 Å². The molecule has 0 radical (unpaired) electrons. The number of rotatable bonds is 9. The second-order valence-electron chi connectivity index (χ2n) is 7.04. The van der Waals surface area contributed by atoms with Crippen molar-refractivity contribution in [3.8, 4) is 17.2 Å². The van der Waals surface area contributed by atoms with Crippen molar-refractivity contribution in [2.75, 3.05) is 6.61 Å². The van der Waals surface area contributed by atoms with Crippen LogP contribution in [0.3, 0.4) is 0 Å². The van der Waals surface area contributed by atoms with Crippen molar-refractivity contribution in [1.82, 2.24) is 4.98 Å². The molecule has 8 heteroatoms. The minimum Gasteiger partial charge on any atom is -0.487 e. The van der Waals surface area contributed by atoms with E-state index < -0.39 is 12.1 Å². The van der Waals surface area contributed by atoms with Gasteiger partial charge in [-0.2, -0.15) is 0 Å². The van der Waals surface area contributed by atoms with Gasteiger partial charge < -0.3 is 19.0 Å². The zero-order chi connectivity index (χ0) is 22.5. The second kappa shape index (κ2) is 10.2. The number of halogens is 2. The van der Waals surface area contributed by atoms with E-state index in [4.69, 9.17) is 37.1 Å². The van der Waals surface area contributed by atoms with Gasteiger partial charge in [0, 0.05) is 28.6 Å². The molecule has 0 fully saturated rings. The number of hydrogen-bond acceptors (Lipinski definition) is 5. The van der Waals surface area contributed by atoms with Crippen LogP contribution in [0.15, 0.2) is 40.8 Å². The number of aliphatic carboxylic acids is 1. The van der Waals surface area contributed by atoms with Gasteiger partial charge in [-0.1, -0.05) is 29.3 Å². The van der Waals surface area contributed by atoms with Gasteiger partial charge in [0.05, 0.1) is 0 Å². The molecule has 0 saturated heterocycles. The first-order valence-corrected chi connectivity index (χ1v) is 10.5. The van der Waals surface area contributed by atoms with Crippen molar-refractivity contribution in [3.63, 3.8) is 0 Å². The minimum atomic E-state index is -0.972. The summed E-state index contributed by atoms with van der Waals surface area (Å²) in [5.74, 6) is 0.738. The van der Waals surface area contributed by atoms with Gasteiger partial charge in [0.1, 0.15) is 23.8 Å². The van der Waals surface area contributed by atoms with Crippen molar-refractivity contribution in [3.05, 3.63) is 69.0 Å². The number of hydrogen-bond donors (Lipinski definition) is 1. The maximum Gasteiger partial charge on any atom is 0.333 e. The van der Waals surface area contributed by atoms with Crippen LogP contribution in [0, 0.1) is 13.8 Å². The molecule has 6 nitrogen and oxygen atoms in total. The third kappa shape index (κ3) is 6.00. The molecule has 0 spiro atoms. The summed E-state index contributed by atoms with van der Waals surface area (Å²) in [7, 11) is 0. The first-order valence-electron chi connectivity index (χ1n) is 9.76. The fourth-order valence-corrected chi connectivity index (χ4v) is 3.65. The predicted octanol–water partition coefficient (Wildman–Crippen LogP) is 5.88. The fraction of sp³-hybridized carbons (Fsp3) is 0.304. The molecule has 31 heavy (non-hydrogen) atoms. The van der Waals surface area contributed by atoms with E-state index in [0.717, 1.165) is 11.1 Å². The predicted molar refractivity (Wildman–Crippen MR) is 119 cm³/mol. The van der Waals surface area contributed by atoms with Crippen LogP contribution in [0.1, 0.15) is 29.5 Å². The highest BCUT2D eigenvalue weighted by Crippen LogP contribution is 2.29. The van der Waals surface area contributed by atoms with Gasteiger partial charge in [-0.3, -0.25) is 0 Å². The van der Waals surface area contributed by atoms with E-state index >= 15 is 0 Å². The highest BCUT2D eigenvalue weighted by molar-refractivity contribution is 6.35. The van der Waals surface area contributed by atoms with Crippen molar-refractivity contribution in [2.24, 2.45) is 0 Å². The van der Waals surface area contributed by atoms with E-state index in [9.17, 15) is 9.90 Å². The van der Waals surface area contributed by atoms with Gasteiger partial charge >= 0.3 is 5.97 Å². The Labute approximate surface area is 190 Å². The summed E-state index contributed by atoms with van der Waals surface area (Å²) < 4.78 is 16.9. The molecule has 1 atom stereocenters. The average Bonchev–Trinajstić information content (AvgIpc) is 3.07. The van der Waals surface area contributed by atoms with E-state index in [1.807, 2.05) is 26.0 Å². The van der Waals surface area contributed by atoms with E-state index in [1.54, 1.807) is 31.2 Å². The zero-order valence-corrected chi connectivity index (χ0v) is 19.0. The third-order valence-electron chi connectivity index (χ3n) is 4.74. The van der Waals surface area contributed by atoms with Crippen molar-refractivity contribution in [1.29, 1.82) is 0 Å². The topological polar surface area (TPSA) is 81.8 Å². The summed E-state index contributed by atoms with van der Waals surface area (Å²) in [5, 5.41) is 10.3. The molecule has 0 amide bonds. The summed E-state index contributed by atoms with van der Waals surface area (Å²) in [6, 6.07) is 10.6. The van der Waals surface area contributed by atoms with Gasteiger partial charge in [-0.05, 0) is 62.2 Å². The Bertz CT molecular complexity index is 1060. The highest BCUT2D eigenvalue weighted by atomic mass is 35.5. The maximum absolute atomic E-state index is 11.3. The first-order chi connectivity index (χ1) is 14.8. The molecular weight excluding hydrogens is 441 g/mol. The van der Waals surface area contributed by atoms with Gasteiger partial charge in [0.15, 0.2) is 6.10 Å². The molecule has 3 aromatic rings. The normalized spacial score (nSPS) is 12.0. The van der Waals surface area contributed by atoms with Crippen molar-refractivity contribution >= 4 is 29.2 Å². The number of benzene rings is 2. The number of oxazole rings is 1. The molecule has 164 valence electrons. The van der Waals surface area contributed by atoms with E-state index in [0.29, 0.717) is 51.7 Å². The van der Waals surface area contributed by atoms with Gasteiger partial charge in [-0.25, -0.2) is 9.78 Å². The highest BCUT2D eigenvalue weighted by Gasteiger charge is 2.19. The van der Waals surface area contributed by atoms with Crippen molar-refractivity contribution < 1.29 is 23.8 Å². The third-order valence-corrected chi connectivity index (χ3v) is 5.18. The summed E-state index contributed by atoms with van der Waals surface area (Å²) in [6.07, 6.45) is -0.574. The van der Waals surface area contributed by atoms with Crippen LogP contribution >= 0.6 is 23.2 Å². The number of carboxylic acid groups (broad SMARTS) is 1. The number of aromatic nitrogens is 1. The average molecular weight is 464 g/mol. The maximum atomic E-state index is 11.3. The summed E-state index contributed by atoms with van der Waals surface area (Å²) in [6.45, 7) is 6.07. The van der Waals surface area contributed by atoms with Gasteiger partial charge in [0.2, 0.25) is 5.89 Å². The van der Waals surface area contributed by atoms with Gasteiger partial charge in [0.25, 0.3) is 0 Å². The Hall–Kier alpha value is -2.54. The van der Waals surface area contributed by atoms with Crippen LogP contribution in [-0.2, 0) is 22.6 Å². The minimum absolute atomic E-state index is 0.221. The van der Waals surface area contributed by atoms with Crippen LogP contribution in [-0.4, -0.2) is 28.8 Å². The number of nitrogens with zero attached hydrogens (tertiary/aromatic N) is 1. The Kier molecular flexibility index (Phi) is 7.59. The summed E-state index contributed by atoms with van der Waals surface area (Å²) >= 11 is 12.1. The van der Waals surface area contributed by atoms with E-state index in [1.165, 1.54) is 0 Å². The molecule has 1 heterocycles. The number of aryl methyl sites for hydroxylation is 2. The van der Waals surface area contributed by atoms with E-state index in [2.05, 4.69) is 4.98 Å². The lowest BCUT2D eigenvalue weighted by Crippen LogP contribution is -2.26. The Morgan fingerprint density at radius 2 is 1.87 bits per heavy atom. The molecule has 0 unspecified atom stereocenters. The van der Waals surface area contributed by atoms with Crippen LogP contribution in [0.2, 0.25) is 10.0 Å². The van der Waals surface area contributed by atoms with Crippen LogP contribution < -0.4 is 4.74 Å². The molecule has 0 saturated carbocycles. The van der Waals surface area contributed by atoms with Crippen LogP contribution in [0.4, 0.5) is 0 Å². The molecule has 0 aliphatic carbocycles. The van der Waals surface area contributed by atoms with Crippen LogP contribution in [0.5, 0.6) is 5.75 Å². The lowest BCUT2D eigenvalue weighted by molar-refractivity contribution is -0.149. The second-order valence-corrected chi connectivity index (χ2v) is 7.92. The number of ether oxygens (including phenoxy) is 2. The first kappa shape index (κ1) is 23.1. The number of carbonyl (C=O) groups is 1. The zero-order valence-electron chi connectivity index (χ0n) is 17.4. The smallest absolute Gasteiger partial charge is 0.333 e. The standard InChI is InChI=1S/C23H23Cl2NO5/c1-4-29-21(23(27)28)10-15-5-6-19(7-13(15)2)30-12-20-14(3)31-22(26-20)16-8-17(24)11-18(25)9-16/h5-9,11,21H,4,10,12H2,1-3H3,(H,27,28)/t21-/m0/s1. The molecule has 1 N–H and O–H groups in total. The molecule has 1 aromatic heterocycles. The lowest BCUT2D eigenvalue weighted by Gasteiger charge is -2.15. The fourth-order valence-electron chi connectivity index (χ4n) is 3.12. The monoisotopic (exact) mass is 463 g/mol. The Morgan fingerprint density at radius 1 is 1.16 bits per heavy atom. The molecule has 0 aliphatic rings. The largest absolute Gasteiger partial charge is 0.487 e. The van der Waals surface area contributed by atoms with Crippen molar-refractivity contribution in [2.45, 2.75) is 39.9 Å². The summed E-state index contributed by atoms with van der Waals surface area (Å²) in [4.78, 5) is 15.8. The summed E-state index contributed by atoms with van der Waals surface area (Å²) in [5.41, 5.74) is 3.17. The molecule has 2 aromatic carbocycles. The molecule has 0 bridgehead atoms. The Balaban J connectivity index is 1.69. The molecule has 3 rings (SSSR count).